The molecule has 5 nitrogen and oxygen atoms in total. The Hall–Kier alpha value is -1.98. The molecule has 0 spiro atoms. The summed E-state index contributed by atoms with van der Waals surface area (Å²) < 4.78 is 10.3. The van der Waals surface area contributed by atoms with Crippen LogP contribution in [0.25, 0.3) is 0 Å². The second kappa shape index (κ2) is 6.65. The van der Waals surface area contributed by atoms with Crippen molar-refractivity contribution in [2.24, 2.45) is 0 Å². The van der Waals surface area contributed by atoms with Crippen molar-refractivity contribution in [2.45, 2.75) is 0 Å². The fourth-order valence-electron chi connectivity index (χ4n) is 1.70. The largest absolute Gasteiger partial charge is 0.495 e. The first kappa shape index (κ1) is 15.4. The third-order valence-corrected chi connectivity index (χ3v) is 3.21. The lowest BCUT2D eigenvalue weighted by molar-refractivity contribution is 0.102. The first-order valence-electron chi connectivity index (χ1n) is 5.89. The topological polar surface area (TPSA) is 60.5 Å². The molecule has 0 aliphatic carbocycles. The van der Waals surface area contributed by atoms with Gasteiger partial charge in [-0.1, -0.05) is 23.2 Å². The molecular weight excluding hydrogens is 315 g/mol. The van der Waals surface area contributed by atoms with Crippen LogP contribution in [0.5, 0.6) is 11.5 Å². The van der Waals surface area contributed by atoms with Gasteiger partial charge in [-0.2, -0.15) is 0 Å². The normalized spacial score (nSPS) is 10.1. The van der Waals surface area contributed by atoms with Gasteiger partial charge < -0.3 is 14.8 Å². The van der Waals surface area contributed by atoms with E-state index in [1.807, 2.05) is 0 Å². The van der Waals surface area contributed by atoms with Crippen molar-refractivity contribution >= 4 is 34.8 Å². The Balaban J connectivity index is 2.32. The highest BCUT2D eigenvalue weighted by Gasteiger charge is 2.14. The standard InChI is InChI=1S/C14H12Cl2N2O3/c1-20-11-7-10(12(21-2)6-9(11)15)18-14(19)8-3-4-17-13(16)5-8/h3-7H,1-2H3,(H,18,19). The molecule has 0 bridgehead atoms. The molecule has 7 heteroatoms. The number of nitrogens with zero attached hydrogens (tertiary/aromatic N) is 1. The van der Waals surface area contributed by atoms with Crippen LogP contribution in [0.15, 0.2) is 30.5 Å². The fraction of sp³-hybridized carbons (Fsp3) is 0.143. The Labute approximate surface area is 131 Å². The van der Waals surface area contributed by atoms with Gasteiger partial charge in [-0.25, -0.2) is 4.98 Å². The molecule has 1 aromatic heterocycles. The summed E-state index contributed by atoms with van der Waals surface area (Å²) in [6, 6.07) is 6.18. The van der Waals surface area contributed by atoms with Gasteiger partial charge in [0.15, 0.2) is 0 Å². The average Bonchev–Trinajstić information content (AvgIpc) is 2.48. The van der Waals surface area contributed by atoms with E-state index in [0.717, 1.165) is 0 Å². The Bertz CT molecular complexity index is 677. The molecule has 0 aliphatic rings. The van der Waals surface area contributed by atoms with Gasteiger partial charge in [0.05, 0.1) is 24.9 Å². The third-order valence-electron chi connectivity index (χ3n) is 2.71. The summed E-state index contributed by atoms with van der Waals surface area (Å²) >= 11 is 11.8. The Kier molecular flexibility index (Phi) is 4.88. The second-order valence-corrected chi connectivity index (χ2v) is 4.80. The van der Waals surface area contributed by atoms with E-state index >= 15 is 0 Å². The minimum atomic E-state index is -0.345. The first-order valence-corrected chi connectivity index (χ1v) is 6.65. The minimum Gasteiger partial charge on any atom is -0.495 e. The molecule has 0 radical (unpaired) electrons. The van der Waals surface area contributed by atoms with E-state index in [0.29, 0.717) is 27.8 Å². The van der Waals surface area contributed by atoms with Gasteiger partial charge >= 0.3 is 0 Å². The summed E-state index contributed by atoms with van der Waals surface area (Å²) in [7, 11) is 2.97. The third kappa shape index (κ3) is 3.56. The van der Waals surface area contributed by atoms with Crippen LogP contribution in [0.1, 0.15) is 10.4 Å². The highest BCUT2D eigenvalue weighted by Crippen LogP contribution is 2.36. The lowest BCUT2D eigenvalue weighted by Crippen LogP contribution is -2.13. The minimum absolute atomic E-state index is 0.239. The van der Waals surface area contributed by atoms with E-state index < -0.39 is 0 Å². The molecule has 1 N–H and O–H groups in total. The highest BCUT2D eigenvalue weighted by molar-refractivity contribution is 6.32. The molecule has 0 aliphatic heterocycles. The molecule has 2 aromatic rings. The van der Waals surface area contributed by atoms with Crippen LogP contribution in [-0.2, 0) is 0 Å². The van der Waals surface area contributed by atoms with Crippen LogP contribution in [0.2, 0.25) is 10.2 Å². The molecule has 2 rings (SSSR count). The maximum absolute atomic E-state index is 12.2. The van der Waals surface area contributed by atoms with Gasteiger partial charge in [0.25, 0.3) is 5.91 Å². The maximum atomic E-state index is 12.2. The Morgan fingerprint density at radius 1 is 1.14 bits per heavy atom. The van der Waals surface area contributed by atoms with Gasteiger partial charge in [0.2, 0.25) is 0 Å². The number of rotatable bonds is 4. The summed E-state index contributed by atoms with van der Waals surface area (Å²) in [5.41, 5.74) is 0.822. The molecule has 21 heavy (non-hydrogen) atoms. The zero-order valence-electron chi connectivity index (χ0n) is 11.3. The van der Waals surface area contributed by atoms with Crippen molar-refractivity contribution in [3.8, 4) is 11.5 Å². The van der Waals surface area contributed by atoms with Crippen molar-refractivity contribution in [3.05, 3.63) is 46.2 Å². The van der Waals surface area contributed by atoms with Gasteiger partial charge in [0.1, 0.15) is 16.7 Å². The number of aromatic nitrogens is 1. The first-order chi connectivity index (χ1) is 10.0. The number of carbonyl (C=O) groups excluding carboxylic acids is 1. The Morgan fingerprint density at radius 2 is 1.86 bits per heavy atom. The van der Waals surface area contributed by atoms with Gasteiger partial charge in [0, 0.05) is 23.9 Å². The monoisotopic (exact) mass is 326 g/mol. The van der Waals surface area contributed by atoms with Crippen LogP contribution < -0.4 is 14.8 Å². The summed E-state index contributed by atoms with van der Waals surface area (Å²) in [5.74, 6) is 0.511. The molecule has 0 saturated heterocycles. The fourth-order valence-corrected chi connectivity index (χ4v) is 2.10. The molecule has 0 saturated carbocycles. The predicted octanol–water partition coefficient (Wildman–Crippen LogP) is 3.66. The number of ether oxygens (including phenoxy) is 2. The molecule has 1 aromatic carbocycles. The number of hydrogen-bond donors (Lipinski definition) is 1. The number of amides is 1. The van der Waals surface area contributed by atoms with Crippen molar-refractivity contribution in [1.82, 2.24) is 4.98 Å². The summed E-state index contributed by atoms with van der Waals surface area (Å²) in [6.45, 7) is 0. The average molecular weight is 327 g/mol. The molecule has 110 valence electrons. The van der Waals surface area contributed by atoms with Crippen LogP contribution in [0.4, 0.5) is 5.69 Å². The SMILES string of the molecule is COc1cc(NC(=O)c2ccnc(Cl)c2)c(OC)cc1Cl. The van der Waals surface area contributed by atoms with Crippen LogP contribution in [0.3, 0.4) is 0 Å². The van der Waals surface area contributed by atoms with Crippen molar-refractivity contribution in [2.75, 3.05) is 19.5 Å². The van der Waals surface area contributed by atoms with E-state index in [9.17, 15) is 4.79 Å². The number of hydrogen-bond acceptors (Lipinski definition) is 4. The number of benzene rings is 1. The zero-order valence-corrected chi connectivity index (χ0v) is 12.8. The van der Waals surface area contributed by atoms with Crippen molar-refractivity contribution in [3.63, 3.8) is 0 Å². The van der Waals surface area contributed by atoms with Gasteiger partial charge in [-0.15, -0.1) is 0 Å². The lowest BCUT2D eigenvalue weighted by atomic mass is 10.2. The van der Waals surface area contributed by atoms with E-state index in [1.54, 1.807) is 18.2 Å². The molecule has 0 unspecified atom stereocenters. The predicted molar refractivity (Wildman–Crippen MR) is 81.8 cm³/mol. The Morgan fingerprint density at radius 3 is 2.48 bits per heavy atom. The van der Waals surface area contributed by atoms with Crippen LogP contribution in [0, 0.1) is 0 Å². The van der Waals surface area contributed by atoms with Gasteiger partial charge in [-0.05, 0) is 12.1 Å². The van der Waals surface area contributed by atoms with Crippen molar-refractivity contribution < 1.29 is 14.3 Å². The molecular formula is C14H12Cl2N2O3. The summed E-state index contributed by atoms with van der Waals surface area (Å²) in [5, 5.41) is 3.35. The smallest absolute Gasteiger partial charge is 0.255 e. The van der Waals surface area contributed by atoms with E-state index in [2.05, 4.69) is 10.3 Å². The molecule has 0 fully saturated rings. The van der Waals surface area contributed by atoms with E-state index in [4.69, 9.17) is 32.7 Å². The maximum Gasteiger partial charge on any atom is 0.255 e. The van der Waals surface area contributed by atoms with E-state index in [-0.39, 0.29) is 11.1 Å². The number of pyridine rings is 1. The molecule has 0 atom stereocenters. The highest BCUT2D eigenvalue weighted by atomic mass is 35.5. The van der Waals surface area contributed by atoms with Crippen LogP contribution >= 0.6 is 23.2 Å². The number of anilines is 1. The number of nitrogens with one attached hydrogen (secondary N) is 1. The van der Waals surface area contributed by atoms with Gasteiger partial charge in [-0.3, -0.25) is 4.79 Å². The summed E-state index contributed by atoms with van der Waals surface area (Å²) in [6.07, 6.45) is 1.46. The number of carbonyl (C=O) groups is 1. The van der Waals surface area contributed by atoms with Crippen LogP contribution in [-0.4, -0.2) is 25.1 Å². The lowest BCUT2D eigenvalue weighted by Gasteiger charge is -2.13. The second-order valence-electron chi connectivity index (χ2n) is 4.01. The quantitative estimate of drug-likeness (QED) is 0.871. The van der Waals surface area contributed by atoms with E-state index in [1.165, 1.54) is 26.5 Å². The number of halogens is 2. The number of methoxy groups -OCH3 is 2. The zero-order chi connectivity index (χ0) is 15.4. The summed E-state index contributed by atoms with van der Waals surface area (Å²) in [4.78, 5) is 16.0. The molecule has 1 amide bonds. The molecule has 1 heterocycles. The van der Waals surface area contributed by atoms with Crippen molar-refractivity contribution in [1.29, 1.82) is 0 Å².